The van der Waals surface area contributed by atoms with Gasteiger partial charge in [-0.1, -0.05) is 11.3 Å². The Bertz CT molecular complexity index is 1350. The average Bonchev–Trinajstić information content (AvgIpc) is 3.37. The van der Waals surface area contributed by atoms with Gasteiger partial charge in [-0.25, -0.2) is 9.67 Å². The first kappa shape index (κ1) is 22.1. The summed E-state index contributed by atoms with van der Waals surface area (Å²) in [5, 5.41) is 16.4. The number of fused-ring (bicyclic) bond motifs is 1. The smallest absolute Gasteiger partial charge is 0.434 e. The lowest BCUT2D eigenvalue weighted by Crippen LogP contribution is -2.21. The third-order valence-corrected chi connectivity index (χ3v) is 5.20. The second-order valence-corrected chi connectivity index (χ2v) is 7.62. The number of methoxy groups -OCH3 is 1. The van der Waals surface area contributed by atoms with Gasteiger partial charge in [0.1, 0.15) is 0 Å². The molecule has 14 heteroatoms. The molecule has 170 valence electrons. The fourth-order valence-corrected chi connectivity index (χ4v) is 3.85. The Morgan fingerprint density at radius 2 is 1.91 bits per heavy atom. The molecule has 2 N–H and O–H groups in total. The number of ether oxygens (including phenoxy) is 1. The highest BCUT2D eigenvalue weighted by molar-refractivity contribution is 7.22. The Balaban J connectivity index is 1.65. The van der Waals surface area contributed by atoms with Crippen molar-refractivity contribution in [3.63, 3.8) is 0 Å². The Hall–Kier alpha value is -4.07. The SMILES string of the molecule is COc1ccc(-n2ncc(C(=O)Nc3ccc4nc(NC(C)=O)sc4c3)c2C(F)(F)F)nn1. The van der Waals surface area contributed by atoms with E-state index >= 15 is 0 Å². The molecule has 0 aliphatic rings. The summed E-state index contributed by atoms with van der Waals surface area (Å²) in [5.41, 5.74) is -1.19. The lowest BCUT2D eigenvalue weighted by atomic mass is 10.2. The predicted molar refractivity (Wildman–Crippen MR) is 113 cm³/mol. The summed E-state index contributed by atoms with van der Waals surface area (Å²) >= 11 is 1.16. The van der Waals surface area contributed by atoms with Crippen LogP contribution in [-0.4, -0.2) is 43.9 Å². The molecule has 2 amide bonds. The topological polar surface area (TPSA) is 124 Å². The molecule has 10 nitrogen and oxygen atoms in total. The fourth-order valence-electron chi connectivity index (χ4n) is 2.90. The van der Waals surface area contributed by atoms with Gasteiger partial charge in [-0.3, -0.25) is 9.59 Å². The zero-order valence-electron chi connectivity index (χ0n) is 17.0. The molecule has 0 spiro atoms. The minimum Gasteiger partial charge on any atom is -0.480 e. The molecule has 4 rings (SSSR count). The molecule has 0 saturated heterocycles. The fraction of sp³-hybridized carbons (Fsp3) is 0.158. The van der Waals surface area contributed by atoms with Crippen LogP contribution in [0.3, 0.4) is 0 Å². The summed E-state index contributed by atoms with van der Waals surface area (Å²) in [6.07, 6.45) is -4.09. The Morgan fingerprint density at radius 3 is 2.55 bits per heavy atom. The maximum Gasteiger partial charge on any atom is 0.434 e. The van der Waals surface area contributed by atoms with Crippen LogP contribution in [0.2, 0.25) is 0 Å². The van der Waals surface area contributed by atoms with Crippen molar-refractivity contribution in [1.29, 1.82) is 0 Å². The van der Waals surface area contributed by atoms with Gasteiger partial charge in [-0.2, -0.15) is 18.3 Å². The predicted octanol–water partition coefficient (Wildman–Crippen LogP) is 3.51. The molecule has 3 aromatic heterocycles. The number of rotatable bonds is 5. The molecule has 4 aromatic rings. The number of benzene rings is 1. The van der Waals surface area contributed by atoms with Gasteiger partial charge in [0, 0.05) is 18.7 Å². The number of aromatic nitrogens is 5. The summed E-state index contributed by atoms with van der Waals surface area (Å²) < 4.78 is 47.5. The van der Waals surface area contributed by atoms with Crippen LogP contribution in [0.25, 0.3) is 16.0 Å². The van der Waals surface area contributed by atoms with E-state index in [0.717, 1.165) is 17.5 Å². The Morgan fingerprint density at radius 1 is 1.12 bits per heavy atom. The molecule has 0 atom stereocenters. The number of thiazole rings is 1. The first-order valence-corrected chi connectivity index (χ1v) is 10.00. The van der Waals surface area contributed by atoms with Crippen molar-refractivity contribution in [2.75, 3.05) is 17.7 Å². The highest BCUT2D eigenvalue weighted by Gasteiger charge is 2.41. The van der Waals surface area contributed by atoms with Gasteiger partial charge < -0.3 is 15.4 Å². The van der Waals surface area contributed by atoms with Crippen molar-refractivity contribution in [3.8, 4) is 11.7 Å². The number of amides is 2. The molecule has 0 bridgehead atoms. The van der Waals surface area contributed by atoms with Crippen LogP contribution in [-0.2, 0) is 11.0 Å². The van der Waals surface area contributed by atoms with Crippen LogP contribution < -0.4 is 15.4 Å². The van der Waals surface area contributed by atoms with E-state index in [4.69, 9.17) is 4.74 Å². The third-order valence-electron chi connectivity index (χ3n) is 4.26. The van der Waals surface area contributed by atoms with Crippen LogP contribution in [0.1, 0.15) is 23.0 Å². The Labute approximate surface area is 187 Å². The van der Waals surface area contributed by atoms with E-state index in [1.165, 1.54) is 32.2 Å². The minimum absolute atomic E-state index is 0.109. The second kappa shape index (κ2) is 8.46. The third kappa shape index (κ3) is 4.59. The molecular formula is C19H14F3N7O3S. The number of nitrogens with zero attached hydrogens (tertiary/aromatic N) is 5. The lowest BCUT2D eigenvalue weighted by Gasteiger charge is -2.12. The van der Waals surface area contributed by atoms with E-state index < -0.39 is 23.3 Å². The number of carbonyl (C=O) groups excluding carboxylic acids is 2. The lowest BCUT2D eigenvalue weighted by molar-refractivity contribution is -0.143. The van der Waals surface area contributed by atoms with Gasteiger partial charge >= 0.3 is 6.18 Å². The number of nitrogens with one attached hydrogen (secondary N) is 2. The van der Waals surface area contributed by atoms with Crippen molar-refractivity contribution in [3.05, 3.63) is 47.8 Å². The van der Waals surface area contributed by atoms with Crippen LogP contribution >= 0.6 is 11.3 Å². The summed E-state index contributed by atoms with van der Waals surface area (Å²) in [5.74, 6) is -1.43. The van der Waals surface area contributed by atoms with Gasteiger partial charge in [-0.05, 0) is 24.3 Å². The minimum atomic E-state index is -4.90. The Kier molecular flexibility index (Phi) is 5.68. The van der Waals surface area contributed by atoms with Gasteiger partial charge in [0.25, 0.3) is 5.91 Å². The van der Waals surface area contributed by atoms with E-state index in [0.29, 0.717) is 20.0 Å². The van der Waals surface area contributed by atoms with E-state index in [9.17, 15) is 22.8 Å². The number of carbonyl (C=O) groups is 2. The van der Waals surface area contributed by atoms with Gasteiger partial charge in [-0.15, -0.1) is 10.2 Å². The molecule has 0 fully saturated rings. The number of hydrogen-bond acceptors (Lipinski definition) is 8. The average molecular weight is 477 g/mol. The number of anilines is 2. The summed E-state index contributed by atoms with van der Waals surface area (Å²) in [7, 11) is 1.34. The normalized spacial score (nSPS) is 11.4. The van der Waals surface area contributed by atoms with Gasteiger partial charge in [0.05, 0.1) is 29.1 Å². The van der Waals surface area contributed by atoms with E-state index in [2.05, 4.69) is 30.9 Å². The summed E-state index contributed by atoms with van der Waals surface area (Å²) in [4.78, 5) is 28.1. The van der Waals surface area contributed by atoms with Crippen molar-refractivity contribution < 1.29 is 27.5 Å². The van der Waals surface area contributed by atoms with Crippen molar-refractivity contribution >= 4 is 44.2 Å². The number of alkyl halides is 3. The van der Waals surface area contributed by atoms with Crippen LogP contribution in [0.5, 0.6) is 5.88 Å². The molecule has 1 aromatic carbocycles. The largest absolute Gasteiger partial charge is 0.480 e. The standard InChI is InChI=1S/C19H14F3N7O3S/c1-9(30)24-18-26-12-4-3-10(7-13(12)33-18)25-17(31)11-8-23-29(16(11)19(20,21)22)14-5-6-15(32-2)28-27-14/h3-8H,1-2H3,(H,25,31)(H,24,26,30). The molecular weight excluding hydrogens is 463 g/mol. The van der Waals surface area contributed by atoms with Gasteiger partial charge in [0.15, 0.2) is 16.6 Å². The van der Waals surface area contributed by atoms with E-state index in [1.807, 2.05) is 0 Å². The highest BCUT2D eigenvalue weighted by Crippen LogP contribution is 2.34. The molecule has 0 unspecified atom stereocenters. The van der Waals surface area contributed by atoms with Crippen molar-refractivity contribution in [2.24, 2.45) is 0 Å². The van der Waals surface area contributed by atoms with Crippen molar-refractivity contribution in [1.82, 2.24) is 25.0 Å². The van der Waals surface area contributed by atoms with Crippen LogP contribution in [0.4, 0.5) is 24.0 Å². The molecule has 0 aliphatic heterocycles. The van der Waals surface area contributed by atoms with E-state index in [-0.39, 0.29) is 23.3 Å². The van der Waals surface area contributed by atoms with Crippen LogP contribution in [0, 0.1) is 0 Å². The molecule has 0 radical (unpaired) electrons. The second-order valence-electron chi connectivity index (χ2n) is 6.59. The molecule has 33 heavy (non-hydrogen) atoms. The maximum atomic E-state index is 13.8. The number of halogens is 3. The van der Waals surface area contributed by atoms with Crippen molar-refractivity contribution in [2.45, 2.75) is 13.1 Å². The first-order valence-electron chi connectivity index (χ1n) is 9.18. The first-order chi connectivity index (χ1) is 15.7. The molecule has 3 heterocycles. The highest BCUT2D eigenvalue weighted by atomic mass is 32.1. The van der Waals surface area contributed by atoms with Gasteiger partial charge in [0.2, 0.25) is 11.8 Å². The zero-order valence-corrected chi connectivity index (χ0v) is 17.8. The number of hydrogen-bond donors (Lipinski definition) is 2. The molecule has 0 saturated carbocycles. The zero-order chi connectivity index (χ0) is 23.8. The molecule has 0 aliphatic carbocycles. The van der Waals surface area contributed by atoms with E-state index in [1.54, 1.807) is 12.1 Å². The maximum absolute atomic E-state index is 13.8. The summed E-state index contributed by atoms with van der Waals surface area (Å²) in [6.45, 7) is 1.34. The van der Waals surface area contributed by atoms with Crippen LogP contribution in [0.15, 0.2) is 36.5 Å². The quantitative estimate of drug-likeness (QED) is 0.451. The monoisotopic (exact) mass is 477 g/mol. The summed E-state index contributed by atoms with van der Waals surface area (Å²) in [6, 6.07) is 7.17.